The quantitative estimate of drug-likeness (QED) is 0.457. The number of nitrogens with zero attached hydrogens (tertiary/aromatic N) is 1. The van der Waals surface area contributed by atoms with Crippen LogP contribution < -0.4 is 0 Å². The van der Waals surface area contributed by atoms with Crippen LogP contribution in [0.4, 0.5) is 0 Å². The molecule has 0 N–H and O–H groups in total. The first-order chi connectivity index (χ1) is 14.6. The standard InChI is InChI=1S/C21H21Cl2NO6S/c1-13-3-5-15(6-4-13)20(25)14(2)30-21(26)16-11-19(18(23)12-17(16)22)31(27,28)24-7-9-29-10-8-24/h3-6,11-12,14H,7-10H2,1-2H3/t14-/m1/s1. The zero-order chi connectivity index (χ0) is 22.8. The Bertz CT molecular complexity index is 1100. The molecule has 1 aliphatic heterocycles. The van der Waals surface area contributed by atoms with Crippen LogP contribution in [-0.4, -0.2) is 56.9 Å². The molecule has 0 bridgehead atoms. The van der Waals surface area contributed by atoms with Crippen molar-refractivity contribution >= 4 is 45.0 Å². The summed E-state index contributed by atoms with van der Waals surface area (Å²) in [6.07, 6.45) is -1.10. The van der Waals surface area contributed by atoms with E-state index in [-0.39, 0.29) is 52.6 Å². The Balaban J connectivity index is 1.84. The number of ketones is 1. The Hall–Kier alpha value is -1.97. The van der Waals surface area contributed by atoms with Gasteiger partial charge in [-0.3, -0.25) is 4.79 Å². The molecule has 166 valence electrons. The number of carbonyl (C=O) groups is 2. The first-order valence-corrected chi connectivity index (χ1v) is 11.7. The highest BCUT2D eigenvalue weighted by Crippen LogP contribution is 2.31. The molecular weight excluding hydrogens is 465 g/mol. The summed E-state index contributed by atoms with van der Waals surface area (Å²) < 4.78 is 37.6. The van der Waals surface area contributed by atoms with Crippen molar-refractivity contribution in [2.24, 2.45) is 0 Å². The van der Waals surface area contributed by atoms with Crippen LogP contribution in [0.5, 0.6) is 0 Å². The fourth-order valence-electron chi connectivity index (χ4n) is 3.04. The smallest absolute Gasteiger partial charge is 0.340 e. The van der Waals surface area contributed by atoms with Crippen LogP contribution in [0.15, 0.2) is 41.3 Å². The van der Waals surface area contributed by atoms with Gasteiger partial charge in [-0.2, -0.15) is 4.31 Å². The maximum Gasteiger partial charge on any atom is 0.340 e. The second kappa shape index (κ2) is 9.67. The van der Waals surface area contributed by atoms with Gasteiger partial charge >= 0.3 is 5.97 Å². The van der Waals surface area contributed by atoms with Crippen LogP contribution in [0.25, 0.3) is 0 Å². The number of Topliss-reactive ketones (excluding diaryl/α,β-unsaturated/α-hetero) is 1. The maximum atomic E-state index is 13.0. The molecule has 0 aliphatic carbocycles. The van der Waals surface area contributed by atoms with Crippen molar-refractivity contribution in [2.75, 3.05) is 26.3 Å². The van der Waals surface area contributed by atoms with E-state index in [0.29, 0.717) is 5.56 Å². The summed E-state index contributed by atoms with van der Waals surface area (Å²) in [4.78, 5) is 25.0. The molecule has 0 aromatic heterocycles. The highest BCUT2D eigenvalue weighted by molar-refractivity contribution is 7.89. The molecule has 0 radical (unpaired) electrons. The van der Waals surface area contributed by atoms with Gasteiger partial charge in [-0.15, -0.1) is 0 Å². The molecule has 2 aromatic carbocycles. The topological polar surface area (TPSA) is 90.0 Å². The molecule has 1 heterocycles. The predicted molar refractivity (Wildman–Crippen MR) is 116 cm³/mol. The first kappa shape index (κ1) is 23.7. The summed E-state index contributed by atoms with van der Waals surface area (Å²) in [6.45, 7) is 4.19. The zero-order valence-electron chi connectivity index (χ0n) is 16.9. The first-order valence-electron chi connectivity index (χ1n) is 9.50. The number of sulfonamides is 1. The Morgan fingerprint density at radius 1 is 1.06 bits per heavy atom. The largest absolute Gasteiger partial charge is 0.451 e. The SMILES string of the molecule is Cc1ccc(C(=O)[C@@H](C)OC(=O)c2cc(S(=O)(=O)N3CCOCC3)c(Cl)cc2Cl)cc1. The summed E-state index contributed by atoms with van der Waals surface area (Å²) in [5, 5.41) is -0.192. The third-order valence-corrected chi connectivity index (χ3v) is 7.49. The van der Waals surface area contributed by atoms with E-state index < -0.39 is 22.1 Å². The lowest BCUT2D eigenvalue weighted by molar-refractivity contribution is 0.0318. The van der Waals surface area contributed by atoms with Crippen LogP contribution >= 0.6 is 23.2 Å². The molecule has 31 heavy (non-hydrogen) atoms. The number of carbonyl (C=O) groups excluding carboxylic acids is 2. The lowest BCUT2D eigenvalue weighted by Crippen LogP contribution is -2.40. The van der Waals surface area contributed by atoms with Gasteiger partial charge in [0.05, 0.1) is 28.8 Å². The third-order valence-electron chi connectivity index (χ3n) is 4.82. The van der Waals surface area contributed by atoms with Gasteiger partial charge < -0.3 is 9.47 Å². The minimum Gasteiger partial charge on any atom is -0.451 e. The van der Waals surface area contributed by atoms with Crippen molar-refractivity contribution < 1.29 is 27.5 Å². The van der Waals surface area contributed by atoms with Gasteiger partial charge in [-0.05, 0) is 26.0 Å². The molecular formula is C21H21Cl2NO6S. The van der Waals surface area contributed by atoms with Gasteiger partial charge in [0.2, 0.25) is 15.8 Å². The van der Waals surface area contributed by atoms with Crippen molar-refractivity contribution in [3.05, 3.63) is 63.1 Å². The highest BCUT2D eigenvalue weighted by Gasteiger charge is 2.31. The van der Waals surface area contributed by atoms with Gasteiger partial charge in [0.15, 0.2) is 6.10 Å². The average Bonchev–Trinajstić information content (AvgIpc) is 2.74. The lowest BCUT2D eigenvalue weighted by Gasteiger charge is -2.26. The Kier molecular flexibility index (Phi) is 7.39. The summed E-state index contributed by atoms with van der Waals surface area (Å²) in [6, 6.07) is 9.11. The van der Waals surface area contributed by atoms with Crippen LogP contribution in [0, 0.1) is 6.92 Å². The number of ether oxygens (including phenoxy) is 2. The Morgan fingerprint density at radius 3 is 2.29 bits per heavy atom. The number of hydrogen-bond donors (Lipinski definition) is 0. The molecule has 0 amide bonds. The van der Waals surface area contributed by atoms with Crippen molar-refractivity contribution in [3.63, 3.8) is 0 Å². The predicted octanol–water partition coefficient (Wildman–Crippen LogP) is 3.75. The van der Waals surface area contributed by atoms with Gasteiger partial charge in [0.1, 0.15) is 4.90 Å². The summed E-state index contributed by atoms with van der Waals surface area (Å²) in [5.41, 5.74) is 1.19. The molecule has 7 nitrogen and oxygen atoms in total. The van der Waals surface area contributed by atoms with Crippen molar-refractivity contribution in [1.82, 2.24) is 4.31 Å². The van der Waals surface area contributed by atoms with E-state index in [1.165, 1.54) is 17.3 Å². The van der Waals surface area contributed by atoms with Crippen molar-refractivity contribution in [2.45, 2.75) is 24.8 Å². The Labute approximate surface area is 190 Å². The molecule has 3 rings (SSSR count). The summed E-state index contributed by atoms with van der Waals surface area (Å²) in [5.74, 6) is -1.31. The fraction of sp³-hybridized carbons (Fsp3) is 0.333. The summed E-state index contributed by atoms with van der Waals surface area (Å²) in [7, 11) is -3.97. The number of benzene rings is 2. The molecule has 1 saturated heterocycles. The molecule has 1 aliphatic rings. The molecule has 0 saturated carbocycles. The number of halogens is 2. The molecule has 2 aromatic rings. The van der Waals surface area contributed by atoms with E-state index >= 15 is 0 Å². The van der Waals surface area contributed by atoms with Gasteiger partial charge in [0.25, 0.3) is 0 Å². The minimum atomic E-state index is -3.97. The second-order valence-electron chi connectivity index (χ2n) is 7.06. The minimum absolute atomic E-state index is 0.0779. The Morgan fingerprint density at radius 2 is 1.68 bits per heavy atom. The van der Waals surface area contributed by atoms with E-state index in [9.17, 15) is 18.0 Å². The van der Waals surface area contributed by atoms with E-state index in [0.717, 1.165) is 11.6 Å². The zero-order valence-corrected chi connectivity index (χ0v) is 19.3. The van der Waals surface area contributed by atoms with E-state index in [1.807, 2.05) is 6.92 Å². The lowest BCUT2D eigenvalue weighted by atomic mass is 10.1. The highest BCUT2D eigenvalue weighted by atomic mass is 35.5. The molecule has 1 fully saturated rings. The van der Waals surface area contributed by atoms with Crippen LogP contribution in [-0.2, 0) is 19.5 Å². The number of morpholine rings is 1. The molecule has 10 heteroatoms. The number of esters is 1. The van der Waals surface area contributed by atoms with Crippen molar-refractivity contribution in [3.8, 4) is 0 Å². The van der Waals surface area contributed by atoms with E-state index in [1.54, 1.807) is 24.3 Å². The number of hydrogen-bond acceptors (Lipinski definition) is 6. The van der Waals surface area contributed by atoms with Gasteiger partial charge in [-0.25, -0.2) is 13.2 Å². The van der Waals surface area contributed by atoms with E-state index in [4.69, 9.17) is 32.7 Å². The molecule has 1 atom stereocenters. The van der Waals surface area contributed by atoms with Crippen LogP contribution in [0.2, 0.25) is 10.0 Å². The van der Waals surface area contributed by atoms with Gasteiger partial charge in [0, 0.05) is 18.7 Å². The van der Waals surface area contributed by atoms with Gasteiger partial charge in [-0.1, -0.05) is 53.0 Å². The number of aryl methyl sites for hydroxylation is 1. The summed E-state index contributed by atoms with van der Waals surface area (Å²) >= 11 is 12.3. The molecule has 0 spiro atoms. The van der Waals surface area contributed by atoms with Crippen molar-refractivity contribution in [1.29, 1.82) is 0 Å². The van der Waals surface area contributed by atoms with E-state index in [2.05, 4.69) is 0 Å². The monoisotopic (exact) mass is 485 g/mol. The average molecular weight is 486 g/mol. The number of rotatable bonds is 6. The van der Waals surface area contributed by atoms with Crippen LogP contribution in [0.3, 0.4) is 0 Å². The molecule has 0 unspecified atom stereocenters. The maximum absolute atomic E-state index is 13.0. The third kappa shape index (κ3) is 5.27. The normalized spacial score (nSPS) is 16.0. The fourth-order valence-corrected chi connectivity index (χ4v) is 5.27. The second-order valence-corrected chi connectivity index (χ2v) is 9.78. The van der Waals surface area contributed by atoms with Crippen LogP contribution in [0.1, 0.15) is 33.2 Å².